The number of alkyl halides is 3. The lowest BCUT2D eigenvalue weighted by atomic mass is 10.2. The zero-order valence-corrected chi connectivity index (χ0v) is 16.1. The van der Waals surface area contributed by atoms with Crippen LogP contribution in [0.5, 0.6) is 11.5 Å². The van der Waals surface area contributed by atoms with Crippen molar-refractivity contribution < 1.29 is 22.6 Å². The lowest BCUT2D eigenvalue weighted by Gasteiger charge is -2.25. The van der Waals surface area contributed by atoms with Crippen molar-refractivity contribution in [3.8, 4) is 22.9 Å². The van der Waals surface area contributed by atoms with Gasteiger partial charge in [0, 0.05) is 36.6 Å². The fraction of sp³-hybridized carbons (Fsp3) is 0.250. The Balaban J connectivity index is 2.20. The summed E-state index contributed by atoms with van der Waals surface area (Å²) in [5.41, 5.74) is -0.131. The molecule has 0 saturated heterocycles. The number of methoxy groups -OCH3 is 2. The van der Waals surface area contributed by atoms with Gasteiger partial charge >= 0.3 is 6.18 Å². The largest absolute Gasteiger partial charge is 0.497 e. The number of ether oxygens (including phenoxy) is 2. The molecule has 0 atom stereocenters. The van der Waals surface area contributed by atoms with E-state index in [1.54, 1.807) is 42.2 Å². The molecule has 0 bridgehead atoms. The molecule has 0 radical (unpaired) electrons. The van der Waals surface area contributed by atoms with Gasteiger partial charge in [0.15, 0.2) is 11.5 Å². The highest BCUT2D eigenvalue weighted by atomic mass is 19.4. The molecule has 3 rings (SSSR count). The Labute approximate surface area is 166 Å². The van der Waals surface area contributed by atoms with Gasteiger partial charge < -0.3 is 14.4 Å². The third-order valence-electron chi connectivity index (χ3n) is 4.19. The molecule has 0 fully saturated rings. The van der Waals surface area contributed by atoms with E-state index in [1.165, 1.54) is 26.6 Å². The molecular weight excluding hydrogens is 385 g/mol. The highest BCUT2D eigenvalue weighted by Gasteiger charge is 2.34. The number of nitrogens with zero attached hydrogens (tertiary/aromatic N) is 4. The molecule has 0 aliphatic carbocycles. The van der Waals surface area contributed by atoms with Gasteiger partial charge in [-0.25, -0.2) is 9.97 Å². The maximum absolute atomic E-state index is 13.5. The van der Waals surface area contributed by atoms with E-state index in [4.69, 9.17) is 9.47 Å². The third kappa shape index (κ3) is 4.39. The predicted octanol–water partition coefficient (Wildman–Crippen LogP) is 4.73. The number of pyridine rings is 1. The summed E-state index contributed by atoms with van der Waals surface area (Å²) >= 11 is 0. The first-order chi connectivity index (χ1) is 13.9. The Morgan fingerprint density at radius 2 is 1.83 bits per heavy atom. The fourth-order valence-electron chi connectivity index (χ4n) is 2.81. The Morgan fingerprint density at radius 3 is 2.41 bits per heavy atom. The van der Waals surface area contributed by atoms with Crippen molar-refractivity contribution in [3.63, 3.8) is 0 Å². The first kappa shape index (κ1) is 20.4. The van der Waals surface area contributed by atoms with Crippen LogP contribution >= 0.6 is 0 Å². The van der Waals surface area contributed by atoms with Crippen LogP contribution < -0.4 is 14.4 Å². The van der Waals surface area contributed by atoms with Gasteiger partial charge in [-0.15, -0.1) is 0 Å². The van der Waals surface area contributed by atoms with Crippen molar-refractivity contribution >= 4 is 11.5 Å². The monoisotopic (exact) mass is 404 g/mol. The van der Waals surface area contributed by atoms with E-state index in [0.29, 0.717) is 29.3 Å². The smallest absolute Gasteiger partial charge is 0.433 e. The van der Waals surface area contributed by atoms with E-state index in [1.807, 2.05) is 0 Å². The normalized spacial score (nSPS) is 11.2. The first-order valence-electron chi connectivity index (χ1n) is 8.73. The quantitative estimate of drug-likeness (QED) is 0.592. The van der Waals surface area contributed by atoms with Gasteiger partial charge in [0.25, 0.3) is 0 Å². The van der Waals surface area contributed by atoms with Gasteiger partial charge in [0.05, 0.1) is 19.9 Å². The minimum absolute atomic E-state index is 0.0664. The molecule has 0 saturated carbocycles. The van der Waals surface area contributed by atoms with Crippen LogP contribution in [0.1, 0.15) is 12.6 Å². The lowest BCUT2D eigenvalue weighted by molar-refractivity contribution is -0.141. The van der Waals surface area contributed by atoms with E-state index in [0.717, 1.165) is 6.07 Å². The van der Waals surface area contributed by atoms with Crippen LogP contribution in [0.4, 0.5) is 24.7 Å². The maximum atomic E-state index is 13.5. The van der Waals surface area contributed by atoms with Gasteiger partial charge in [-0.1, -0.05) is 0 Å². The van der Waals surface area contributed by atoms with Gasteiger partial charge in [-0.3, -0.25) is 4.98 Å². The molecule has 0 unspecified atom stereocenters. The molecule has 29 heavy (non-hydrogen) atoms. The van der Waals surface area contributed by atoms with Crippen LogP contribution in [0.2, 0.25) is 0 Å². The molecule has 0 aliphatic heterocycles. The predicted molar refractivity (Wildman–Crippen MR) is 102 cm³/mol. The zero-order valence-electron chi connectivity index (χ0n) is 16.1. The number of rotatable bonds is 6. The number of halogens is 3. The summed E-state index contributed by atoms with van der Waals surface area (Å²) in [6.45, 7) is 2.14. The molecule has 2 heterocycles. The van der Waals surface area contributed by atoms with Crippen LogP contribution in [0.3, 0.4) is 0 Å². The number of anilines is 2. The highest BCUT2D eigenvalue weighted by molar-refractivity contribution is 5.70. The Hall–Kier alpha value is -3.36. The zero-order chi connectivity index (χ0) is 21.0. The second kappa shape index (κ2) is 8.34. The lowest BCUT2D eigenvalue weighted by Crippen LogP contribution is -2.20. The van der Waals surface area contributed by atoms with Crippen molar-refractivity contribution in [2.24, 2.45) is 0 Å². The van der Waals surface area contributed by atoms with E-state index >= 15 is 0 Å². The number of hydrogen-bond acceptors (Lipinski definition) is 6. The Morgan fingerprint density at radius 1 is 1.03 bits per heavy atom. The molecule has 9 heteroatoms. The molecule has 0 spiro atoms. The number of benzene rings is 1. The first-order valence-corrected chi connectivity index (χ1v) is 8.73. The Bertz CT molecular complexity index is 981. The summed E-state index contributed by atoms with van der Waals surface area (Å²) in [6.07, 6.45) is -1.69. The topological polar surface area (TPSA) is 60.4 Å². The van der Waals surface area contributed by atoms with E-state index in [-0.39, 0.29) is 11.6 Å². The van der Waals surface area contributed by atoms with Crippen LogP contribution in [0, 0.1) is 0 Å². The number of hydrogen-bond donors (Lipinski definition) is 0. The summed E-state index contributed by atoms with van der Waals surface area (Å²) in [7, 11) is 3.00. The molecule has 0 aliphatic rings. The molecule has 3 aromatic rings. The molecule has 0 amide bonds. The van der Waals surface area contributed by atoms with Gasteiger partial charge in [0.2, 0.25) is 0 Å². The number of aromatic nitrogens is 3. The molecule has 1 aromatic carbocycles. The van der Waals surface area contributed by atoms with Crippen LogP contribution in [0.15, 0.2) is 48.8 Å². The maximum Gasteiger partial charge on any atom is 0.433 e. The second-order valence-corrected chi connectivity index (χ2v) is 5.96. The summed E-state index contributed by atoms with van der Waals surface area (Å²) in [5, 5.41) is 0. The molecule has 2 aromatic heterocycles. The standard InChI is InChI=1S/C20H19F3N4O2/c1-4-27(15-10-14(28-2)7-8-16(15)29-3)18-11-17(20(21,22)23)25-19(26-18)13-6-5-9-24-12-13/h5-12H,4H2,1-3H3. The summed E-state index contributed by atoms with van der Waals surface area (Å²) in [6, 6.07) is 9.21. The third-order valence-corrected chi connectivity index (χ3v) is 4.19. The average molecular weight is 404 g/mol. The van der Waals surface area contributed by atoms with Crippen molar-refractivity contribution in [2.45, 2.75) is 13.1 Å². The summed E-state index contributed by atoms with van der Waals surface area (Å²) in [5.74, 6) is 1.03. The minimum Gasteiger partial charge on any atom is -0.497 e. The SMILES string of the molecule is CCN(c1cc(C(F)(F)F)nc(-c2cccnc2)n1)c1cc(OC)ccc1OC. The molecule has 6 nitrogen and oxygen atoms in total. The molecule has 0 N–H and O–H groups in total. The van der Waals surface area contributed by atoms with E-state index in [2.05, 4.69) is 15.0 Å². The van der Waals surface area contributed by atoms with Gasteiger partial charge in [-0.2, -0.15) is 13.2 Å². The van der Waals surface area contributed by atoms with E-state index in [9.17, 15) is 13.2 Å². The second-order valence-electron chi connectivity index (χ2n) is 5.96. The Kier molecular flexibility index (Phi) is 5.86. The molecule has 152 valence electrons. The minimum atomic E-state index is -4.63. The van der Waals surface area contributed by atoms with Crippen molar-refractivity contribution in [1.82, 2.24) is 15.0 Å². The fourth-order valence-corrected chi connectivity index (χ4v) is 2.81. The average Bonchev–Trinajstić information content (AvgIpc) is 2.74. The van der Waals surface area contributed by atoms with Crippen molar-refractivity contribution in [2.75, 3.05) is 25.7 Å². The van der Waals surface area contributed by atoms with Crippen molar-refractivity contribution in [3.05, 3.63) is 54.5 Å². The van der Waals surface area contributed by atoms with Gasteiger partial charge in [0.1, 0.15) is 17.3 Å². The van der Waals surface area contributed by atoms with Crippen LogP contribution in [-0.2, 0) is 6.18 Å². The molecular formula is C20H19F3N4O2. The van der Waals surface area contributed by atoms with E-state index < -0.39 is 11.9 Å². The van der Waals surface area contributed by atoms with Crippen LogP contribution in [0.25, 0.3) is 11.4 Å². The summed E-state index contributed by atoms with van der Waals surface area (Å²) < 4.78 is 51.2. The highest BCUT2D eigenvalue weighted by Crippen LogP contribution is 2.38. The van der Waals surface area contributed by atoms with Gasteiger partial charge in [-0.05, 0) is 31.2 Å². The summed E-state index contributed by atoms with van der Waals surface area (Å²) in [4.78, 5) is 13.6. The van der Waals surface area contributed by atoms with Crippen LogP contribution in [-0.4, -0.2) is 35.7 Å². The van der Waals surface area contributed by atoms with Crippen molar-refractivity contribution in [1.29, 1.82) is 0 Å².